The second-order valence-electron chi connectivity index (χ2n) is 4.45. The van der Waals surface area contributed by atoms with Gasteiger partial charge in [0.05, 0.1) is 19.1 Å². The van der Waals surface area contributed by atoms with Gasteiger partial charge in [0, 0.05) is 6.54 Å². The topological polar surface area (TPSA) is 87.1 Å². The van der Waals surface area contributed by atoms with Gasteiger partial charge in [-0.1, -0.05) is 12.1 Å². The van der Waals surface area contributed by atoms with Crippen molar-refractivity contribution in [3.8, 4) is 5.75 Å². The van der Waals surface area contributed by atoms with Gasteiger partial charge >= 0.3 is 5.97 Å². The van der Waals surface area contributed by atoms with E-state index in [9.17, 15) is 14.7 Å². The minimum atomic E-state index is -0.959. The summed E-state index contributed by atoms with van der Waals surface area (Å²) in [4.78, 5) is 24.1. The van der Waals surface area contributed by atoms with Crippen molar-refractivity contribution in [3.63, 3.8) is 0 Å². The highest BCUT2D eigenvalue weighted by atomic mass is 16.5. The largest absolute Gasteiger partial charge is 0.508 e. The quantitative estimate of drug-likeness (QED) is 0.832. The SMILES string of the molecule is O=C(O)CC1COCC(=O)N1Cc1ccc(O)cc1. The number of carbonyl (C=O) groups is 2. The number of phenols is 1. The zero-order valence-corrected chi connectivity index (χ0v) is 10.3. The van der Waals surface area contributed by atoms with Gasteiger partial charge in [-0.15, -0.1) is 0 Å². The summed E-state index contributed by atoms with van der Waals surface area (Å²) >= 11 is 0. The maximum atomic E-state index is 11.8. The molecule has 1 unspecified atom stereocenters. The van der Waals surface area contributed by atoms with E-state index in [1.54, 1.807) is 12.1 Å². The van der Waals surface area contributed by atoms with Crippen LogP contribution in [0.3, 0.4) is 0 Å². The Kier molecular flexibility index (Phi) is 4.01. The van der Waals surface area contributed by atoms with E-state index >= 15 is 0 Å². The summed E-state index contributed by atoms with van der Waals surface area (Å²) < 4.78 is 5.09. The minimum absolute atomic E-state index is 0.0196. The summed E-state index contributed by atoms with van der Waals surface area (Å²) in [6, 6.07) is 6.03. The van der Waals surface area contributed by atoms with Gasteiger partial charge in [-0.25, -0.2) is 0 Å². The van der Waals surface area contributed by atoms with E-state index in [0.717, 1.165) is 5.56 Å². The molecule has 0 saturated carbocycles. The number of aliphatic carboxylic acids is 1. The number of ether oxygens (including phenoxy) is 1. The number of carbonyl (C=O) groups excluding carboxylic acids is 1. The number of hydrogen-bond donors (Lipinski definition) is 2. The Morgan fingerprint density at radius 3 is 2.68 bits per heavy atom. The Balaban J connectivity index is 2.10. The highest BCUT2D eigenvalue weighted by Crippen LogP contribution is 2.17. The first-order valence-electron chi connectivity index (χ1n) is 5.93. The van der Waals surface area contributed by atoms with Crippen LogP contribution in [0, 0.1) is 0 Å². The van der Waals surface area contributed by atoms with Crippen molar-refractivity contribution in [1.82, 2.24) is 4.90 Å². The molecule has 19 heavy (non-hydrogen) atoms. The van der Waals surface area contributed by atoms with Crippen molar-refractivity contribution in [2.45, 2.75) is 19.0 Å². The molecule has 0 aromatic heterocycles. The maximum Gasteiger partial charge on any atom is 0.305 e. The summed E-state index contributed by atoms with van der Waals surface area (Å²) in [6.07, 6.45) is -0.135. The molecule has 2 rings (SSSR count). The Labute approximate surface area is 110 Å². The van der Waals surface area contributed by atoms with E-state index in [0.29, 0.717) is 6.54 Å². The Hall–Kier alpha value is -2.08. The van der Waals surface area contributed by atoms with E-state index in [2.05, 4.69) is 0 Å². The predicted molar refractivity (Wildman–Crippen MR) is 65.5 cm³/mol. The summed E-state index contributed by atoms with van der Waals surface area (Å²) in [5.74, 6) is -1.02. The lowest BCUT2D eigenvalue weighted by Crippen LogP contribution is -2.49. The molecule has 1 saturated heterocycles. The van der Waals surface area contributed by atoms with Gasteiger partial charge in [-0.3, -0.25) is 9.59 Å². The van der Waals surface area contributed by atoms with Crippen molar-refractivity contribution >= 4 is 11.9 Å². The summed E-state index contributed by atoms with van der Waals surface area (Å²) in [5.41, 5.74) is 0.837. The van der Waals surface area contributed by atoms with Gasteiger partial charge in [-0.2, -0.15) is 0 Å². The van der Waals surface area contributed by atoms with Crippen LogP contribution in [0.15, 0.2) is 24.3 Å². The third-order valence-corrected chi connectivity index (χ3v) is 3.00. The lowest BCUT2D eigenvalue weighted by atomic mass is 10.1. The first kappa shape index (κ1) is 13.4. The van der Waals surface area contributed by atoms with Crippen LogP contribution in [0.4, 0.5) is 0 Å². The Bertz CT molecular complexity index is 470. The standard InChI is InChI=1S/C13H15NO5/c15-11-3-1-9(2-4-11)6-14-10(5-13(17)18)7-19-8-12(14)16/h1-4,10,15H,5-8H2,(H,17,18). The summed E-state index contributed by atoms with van der Waals surface area (Å²) in [5, 5.41) is 18.1. The van der Waals surface area contributed by atoms with Crippen LogP contribution in [0.2, 0.25) is 0 Å². The molecule has 0 aliphatic carbocycles. The second-order valence-corrected chi connectivity index (χ2v) is 4.45. The predicted octanol–water partition coefficient (Wildman–Crippen LogP) is 0.594. The second kappa shape index (κ2) is 5.71. The number of amides is 1. The van der Waals surface area contributed by atoms with E-state index in [4.69, 9.17) is 9.84 Å². The van der Waals surface area contributed by atoms with Gasteiger partial charge in [-0.05, 0) is 17.7 Å². The van der Waals surface area contributed by atoms with Crippen molar-refractivity contribution < 1.29 is 24.5 Å². The number of carboxylic acid groups (broad SMARTS) is 1. The van der Waals surface area contributed by atoms with Gasteiger partial charge in [0.1, 0.15) is 12.4 Å². The van der Waals surface area contributed by atoms with Crippen LogP contribution in [0.5, 0.6) is 5.75 Å². The molecule has 1 aromatic rings. The average molecular weight is 265 g/mol. The molecule has 6 heteroatoms. The number of morpholine rings is 1. The monoisotopic (exact) mass is 265 g/mol. The normalized spacial score (nSPS) is 19.5. The molecule has 0 spiro atoms. The van der Waals surface area contributed by atoms with Crippen LogP contribution in [0.25, 0.3) is 0 Å². The highest BCUT2D eigenvalue weighted by molar-refractivity contribution is 5.79. The number of nitrogens with zero attached hydrogens (tertiary/aromatic N) is 1. The first-order chi connectivity index (χ1) is 9.06. The summed E-state index contributed by atoms with van der Waals surface area (Å²) in [7, 11) is 0. The summed E-state index contributed by atoms with van der Waals surface area (Å²) in [6.45, 7) is 0.532. The molecule has 1 aromatic carbocycles. The minimum Gasteiger partial charge on any atom is -0.508 e. The maximum absolute atomic E-state index is 11.8. The fourth-order valence-electron chi connectivity index (χ4n) is 2.04. The lowest BCUT2D eigenvalue weighted by molar-refractivity contribution is -0.152. The van der Waals surface area contributed by atoms with E-state index in [1.807, 2.05) is 0 Å². The molecule has 0 radical (unpaired) electrons. The smallest absolute Gasteiger partial charge is 0.305 e. The number of rotatable bonds is 4. The van der Waals surface area contributed by atoms with Crippen molar-refractivity contribution in [2.75, 3.05) is 13.2 Å². The molecule has 1 amide bonds. The fourth-order valence-corrected chi connectivity index (χ4v) is 2.04. The van der Waals surface area contributed by atoms with E-state index in [1.165, 1.54) is 17.0 Å². The van der Waals surface area contributed by atoms with Crippen molar-refractivity contribution in [1.29, 1.82) is 0 Å². The number of phenolic OH excluding ortho intramolecular Hbond substituents is 1. The van der Waals surface area contributed by atoms with Crippen LogP contribution < -0.4 is 0 Å². The zero-order valence-electron chi connectivity index (χ0n) is 10.3. The van der Waals surface area contributed by atoms with Crippen molar-refractivity contribution in [3.05, 3.63) is 29.8 Å². The molecule has 1 aliphatic rings. The number of aromatic hydroxyl groups is 1. The average Bonchev–Trinajstić information content (AvgIpc) is 2.35. The van der Waals surface area contributed by atoms with Crippen LogP contribution in [0.1, 0.15) is 12.0 Å². The van der Waals surface area contributed by atoms with Gasteiger partial charge < -0.3 is 19.8 Å². The molecule has 1 heterocycles. The molecule has 0 bridgehead atoms. The zero-order chi connectivity index (χ0) is 13.8. The first-order valence-corrected chi connectivity index (χ1v) is 5.93. The molecule has 1 fully saturated rings. The van der Waals surface area contributed by atoms with E-state index < -0.39 is 12.0 Å². The molecule has 6 nitrogen and oxygen atoms in total. The molecule has 102 valence electrons. The van der Waals surface area contributed by atoms with Gasteiger partial charge in [0.25, 0.3) is 0 Å². The highest BCUT2D eigenvalue weighted by Gasteiger charge is 2.30. The molecule has 1 aliphatic heterocycles. The number of benzene rings is 1. The fraction of sp³-hybridized carbons (Fsp3) is 0.385. The van der Waals surface area contributed by atoms with Crippen LogP contribution in [-0.2, 0) is 20.9 Å². The third kappa shape index (κ3) is 3.45. The Morgan fingerprint density at radius 2 is 2.05 bits per heavy atom. The Morgan fingerprint density at radius 1 is 1.37 bits per heavy atom. The molecule has 1 atom stereocenters. The lowest BCUT2D eigenvalue weighted by Gasteiger charge is -2.34. The molecular formula is C13H15NO5. The molecular weight excluding hydrogens is 250 g/mol. The van der Waals surface area contributed by atoms with Crippen LogP contribution >= 0.6 is 0 Å². The van der Waals surface area contributed by atoms with Crippen molar-refractivity contribution in [2.24, 2.45) is 0 Å². The molecule has 2 N–H and O–H groups in total. The number of hydrogen-bond acceptors (Lipinski definition) is 4. The van der Waals surface area contributed by atoms with Crippen LogP contribution in [-0.4, -0.2) is 46.2 Å². The third-order valence-electron chi connectivity index (χ3n) is 3.00. The van der Waals surface area contributed by atoms with E-state index in [-0.39, 0.29) is 31.3 Å². The van der Waals surface area contributed by atoms with Gasteiger partial charge in [0.15, 0.2) is 0 Å². The van der Waals surface area contributed by atoms with Gasteiger partial charge in [0.2, 0.25) is 5.91 Å². The number of carboxylic acids is 1.